The molecule has 12 nitrogen and oxygen atoms in total. The highest BCUT2D eigenvalue weighted by Gasteiger charge is 2.61. The lowest BCUT2D eigenvalue weighted by molar-refractivity contribution is -0.145. The van der Waals surface area contributed by atoms with Gasteiger partial charge >= 0.3 is 12.1 Å². The molecule has 2 aliphatic carbocycles. The zero-order valence-corrected chi connectivity index (χ0v) is 29.3. The number of nitrogens with zero attached hydrogens (tertiary/aromatic N) is 3. The Bertz CT molecular complexity index is 1820. The van der Waals surface area contributed by atoms with Crippen molar-refractivity contribution in [3.05, 3.63) is 62.4 Å². The zero-order valence-electron chi connectivity index (χ0n) is 27.6. The number of aliphatic carboxylic acids is 1. The molecule has 0 spiro atoms. The molecule has 3 fully saturated rings. The summed E-state index contributed by atoms with van der Waals surface area (Å²) in [7, 11) is 0. The van der Waals surface area contributed by atoms with E-state index in [-0.39, 0.29) is 37.0 Å². The average molecular weight is 720 g/mol. The number of amides is 3. The van der Waals surface area contributed by atoms with Crippen LogP contribution in [0.2, 0.25) is 0 Å². The van der Waals surface area contributed by atoms with E-state index in [1.165, 1.54) is 32.3 Å². The Kier molecular flexibility index (Phi) is 9.91. The minimum absolute atomic E-state index is 0.0239. The van der Waals surface area contributed by atoms with Crippen LogP contribution < -0.4 is 16.2 Å². The number of thiophene rings is 2. The highest BCUT2D eigenvalue weighted by atomic mass is 32.1. The summed E-state index contributed by atoms with van der Waals surface area (Å²) in [5.41, 5.74) is 0.969. The molecule has 14 heteroatoms. The number of rotatable bonds is 6. The monoisotopic (exact) mass is 719 g/mol. The molecule has 0 bridgehead atoms. The number of carboxylic acid groups (broad SMARTS) is 1. The van der Waals surface area contributed by atoms with E-state index >= 15 is 0 Å². The molecule has 3 amide bonds. The fourth-order valence-corrected chi connectivity index (χ4v) is 8.94. The second-order valence-electron chi connectivity index (χ2n) is 13.8. The summed E-state index contributed by atoms with van der Waals surface area (Å²) in [6.07, 6.45) is 11.8. The summed E-state index contributed by atoms with van der Waals surface area (Å²) in [5.74, 6) is -2.57. The molecule has 3 aromatic rings. The first-order chi connectivity index (χ1) is 24.2. The lowest BCUT2D eigenvalue weighted by Gasteiger charge is -2.29. The number of allylic oxidation sites excluding steroid dienone is 1. The largest absolute Gasteiger partial charge is 0.479 e. The summed E-state index contributed by atoms with van der Waals surface area (Å²) in [4.78, 5) is 69.8. The molecule has 4 aliphatic rings. The molecule has 5 atom stereocenters. The first-order valence-electron chi connectivity index (χ1n) is 17.4. The van der Waals surface area contributed by atoms with Crippen molar-refractivity contribution in [3.63, 3.8) is 0 Å². The van der Waals surface area contributed by atoms with Gasteiger partial charge in [-0.05, 0) is 96.1 Å². The smallest absolute Gasteiger partial charge is 0.408 e. The normalized spacial score (nSPS) is 27.5. The molecule has 2 aliphatic heterocycles. The van der Waals surface area contributed by atoms with Gasteiger partial charge in [0, 0.05) is 24.4 Å². The Morgan fingerprint density at radius 3 is 2.46 bits per heavy atom. The van der Waals surface area contributed by atoms with Crippen LogP contribution >= 0.6 is 22.7 Å². The number of fused-ring (bicyclic) bond motifs is 2. The second kappa shape index (κ2) is 14.5. The maximum absolute atomic E-state index is 14.5. The molecular weight excluding hydrogens is 679 g/mol. The first-order valence-corrected chi connectivity index (χ1v) is 19.3. The minimum Gasteiger partial charge on any atom is -0.479 e. The maximum Gasteiger partial charge on any atom is 0.408 e. The Morgan fingerprint density at radius 2 is 1.74 bits per heavy atom. The van der Waals surface area contributed by atoms with E-state index < -0.39 is 47.5 Å². The number of carbonyl (C=O) groups is 4. The third kappa shape index (κ3) is 6.87. The molecule has 0 aromatic carbocycles. The summed E-state index contributed by atoms with van der Waals surface area (Å²) in [6, 6.07) is 1.07. The van der Waals surface area contributed by atoms with Crippen LogP contribution in [0.5, 0.6) is 0 Å². The van der Waals surface area contributed by atoms with Crippen LogP contribution in [0.1, 0.15) is 76.7 Å². The number of hydrogen-bond donors (Lipinski definition) is 3. The van der Waals surface area contributed by atoms with Gasteiger partial charge in [-0.15, -0.1) is 0 Å². The Labute approximate surface area is 297 Å². The van der Waals surface area contributed by atoms with Crippen molar-refractivity contribution in [3.8, 4) is 22.3 Å². The second-order valence-corrected chi connectivity index (χ2v) is 15.3. The highest BCUT2D eigenvalue weighted by Crippen LogP contribution is 2.45. The third-order valence-electron chi connectivity index (χ3n) is 10.5. The number of carboxylic acids is 1. The van der Waals surface area contributed by atoms with Crippen molar-refractivity contribution < 1.29 is 29.0 Å². The van der Waals surface area contributed by atoms with Crippen molar-refractivity contribution in [1.82, 2.24) is 25.3 Å². The van der Waals surface area contributed by atoms with Crippen LogP contribution in [-0.2, 0) is 19.1 Å². The summed E-state index contributed by atoms with van der Waals surface area (Å²) >= 11 is 2.99. The van der Waals surface area contributed by atoms with Crippen LogP contribution in [0.15, 0.2) is 56.8 Å². The predicted molar refractivity (Wildman–Crippen MR) is 189 cm³/mol. The minimum atomic E-state index is -1.47. The summed E-state index contributed by atoms with van der Waals surface area (Å²) in [5, 5.41) is 28.1. The molecule has 50 heavy (non-hydrogen) atoms. The van der Waals surface area contributed by atoms with Crippen LogP contribution in [0, 0.1) is 5.92 Å². The van der Waals surface area contributed by atoms with Gasteiger partial charge in [0.2, 0.25) is 11.8 Å². The van der Waals surface area contributed by atoms with E-state index in [1.54, 1.807) is 6.20 Å². The van der Waals surface area contributed by atoms with E-state index in [2.05, 4.69) is 15.7 Å². The molecule has 3 aromatic heterocycles. The topological polar surface area (TPSA) is 160 Å². The van der Waals surface area contributed by atoms with Crippen LogP contribution in [0.25, 0.3) is 22.3 Å². The lowest BCUT2D eigenvalue weighted by Crippen LogP contribution is -2.56. The van der Waals surface area contributed by atoms with Gasteiger partial charge in [-0.1, -0.05) is 25.0 Å². The van der Waals surface area contributed by atoms with Crippen LogP contribution in [0.4, 0.5) is 4.79 Å². The van der Waals surface area contributed by atoms with Crippen LogP contribution in [-0.4, -0.2) is 73.9 Å². The number of alkyl carbamates (subject to hydrolysis) is 1. The van der Waals surface area contributed by atoms with Gasteiger partial charge in [0.15, 0.2) is 0 Å². The summed E-state index contributed by atoms with van der Waals surface area (Å²) in [6.45, 7) is -0.0239. The molecule has 2 saturated carbocycles. The molecule has 1 unspecified atom stereocenters. The van der Waals surface area contributed by atoms with Crippen molar-refractivity contribution in [2.45, 2.75) is 100 Å². The van der Waals surface area contributed by atoms with E-state index in [0.717, 1.165) is 56.1 Å². The molecule has 1 saturated heterocycles. The van der Waals surface area contributed by atoms with E-state index in [4.69, 9.17) is 4.74 Å². The molecular formula is C36H41N5O7S2. The van der Waals surface area contributed by atoms with Gasteiger partial charge in [0.25, 0.3) is 5.56 Å². The average Bonchev–Trinajstić information content (AvgIpc) is 3.77. The fourth-order valence-electron chi connectivity index (χ4n) is 7.64. The Balaban J connectivity index is 1.23. The molecule has 264 valence electrons. The van der Waals surface area contributed by atoms with E-state index in [1.807, 2.05) is 45.8 Å². The van der Waals surface area contributed by atoms with Gasteiger partial charge in [0.1, 0.15) is 23.7 Å². The molecule has 0 radical (unpaired) electrons. The fraction of sp³-hybridized carbons (Fsp3) is 0.500. The molecule has 7 rings (SSSR count). The molecule has 3 N–H and O–H groups in total. The Hall–Kier alpha value is -4.30. The molecule has 5 heterocycles. The van der Waals surface area contributed by atoms with Crippen molar-refractivity contribution >= 4 is 46.6 Å². The van der Waals surface area contributed by atoms with Gasteiger partial charge in [-0.3, -0.25) is 14.4 Å². The van der Waals surface area contributed by atoms with Crippen LogP contribution in [0.3, 0.4) is 0 Å². The van der Waals surface area contributed by atoms with Crippen molar-refractivity contribution in [2.75, 3.05) is 6.54 Å². The van der Waals surface area contributed by atoms with E-state index in [9.17, 15) is 29.1 Å². The maximum atomic E-state index is 14.5. The predicted octanol–water partition coefficient (Wildman–Crippen LogP) is 5.36. The number of ether oxygens (including phenoxy) is 1. The number of carbonyl (C=O) groups excluding carboxylic acids is 3. The van der Waals surface area contributed by atoms with Gasteiger partial charge in [0.05, 0.1) is 17.8 Å². The SMILES string of the molecule is O=C(N[C@@H]1CCCCCC=CC2C[C@]2(C(=O)O)NC(=O)[C@@H]2C[C@H](n3ncc(-c4ccsc4)c(-c4ccsc4)c3=O)CN2C1=O)OC1CCCC1. The van der Waals surface area contributed by atoms with Crippen molar-refractivity contribution in [1.29, 1.82) is 0 Å². The number of aromatic nitrogens is 2. The lowest BCUT2D eigenvalue weighted by atomic mass is 10.0. The third-order valence-corrected chi connectivity index (χ3v) is 11.9. The van der Waals surface area contributed by atoms with E-state index in [0.29, 0.717) is 24.0 Å². The van der Waals surface area contributed by atoms with Gasteiger partial charge in [-0.2, -0.15) is 27.8 Å². The highest BCUT2D eigenvalue weighted by molar-refractivity contribution is 7.08. The van der Waals surface area contributed by atoms with Crippen molar-refractivity contribution in [2.24, 2.45) is 5.92 Å². The van der Waals surface area contributed by atoms with Gasteiger partial charge < -0.3 is 25.4 Å². The number of nitrogens with one attached hydrogen (secondary N) is 2. The first kappa shape index (κ1) is 34.2. The summed E-state index contributed by atoms with van der Waals surface area (Å²) < 4.78 is 7.00. The number of hydrogen-bond acceptors (Lipinski definition) is 9. The zero-order chi connectivity index (χ0) is 34.8. The Morgan fingerprint density at radius 1 is 1.00 bits per heavy atom. The standard InChI is InChI=1S/C36H41N5O7S2/c42-31-29-16-25(41-33(44)30(23-13-15-50-21-23)27(18-37-41)22-12-14-49-20-22)19-40(29)32(43)28(38-35(47)48-26-9-6-7-10-26)11-5-3-1-2-4-8-24-17-36(24,39-31)34(45)46/h4,8,12-15,18,20-21,24-26,28-29H,1-3,5-7,9-11,16-17,19H2,(H,38,47)(H,39,42)(H,45,46)/t24?,25-,28+,29-,36-/m0/s1. The quantitative estimate of drug-likeness (QED) is 0.287. The van der Waals surface area contributed by atoms with Gasteiger partial charge in [-0.25, -0.2) is 14.3 Å².